The zero-order chi connectivity index (χ0) is 16.4. The Morgan fingerprint density at radius 3 is 2.74 bits per heavy atom. The predicted octanol–water partition coefficient (Wildman–Crippen LogP) is 3.06. The summed E-state index contributed by atoms with van der Waals surface area (Å²) >= 11 is 6.00. The fraction of sp³-hybridized carbons (Fsp3) is 0.611. The number of piperidine rings is 1. The number of ether oxygens (including phenoxy) is 1. The number of rotatable bonds is 3. The molecule has 1 aromatic rings. The normalized spacial score (nSPS) is 24.3. The first-order chi connectivity index (χ1) is 11.1. The lowest BCUT2D eigenvalue weighted by molar-refractivity contribution is 0.0273. The number of methoxy groups -OCH3 is 1. The van der Waals surface area contributed by atoms with Gasteiger partial charge in [-0.05, 0) is 50.9 Å². The van der Waals surface area contributed by atoms with E-state index in [0.29, 0.717) is 16.6 Å². The number of nitrogens with zero attached hydrogens (tertiary/aromatic N) is 2. The molecule has 0 unspecified atom stereocenters. The van der Waals surface area contributed by atoms with Gasteiger partial charge in [-0.15, -0.1) is 0 Å². The summed E-state index contributed by atoms with van der Waals surface area (Å²) in [5.41, 5.74) is 0.930. The Labute approximate surface area is 143 Å². The molecule has 0 aliphatic carbocycles. The van der Waals surface area contributed by atoms with E-state index in [1.54, 1.807) is 19.2 Å². The zero-order valence-electron chi connectivity index (χ0n) is 13.9. The van der Waals surface area contributed by atoms with Crippen LogP contribution in [0.3, 0.4) is 0 Å². The standard InChI is InChI=1S/C18H25ClN2O2/c1-20-16(13-23-2)6-7-18(20)8-10-21(11-9-18)17(22)14-4-3-5-15(19)12-14/h3-5,12,16H,6-11,13H2,1-2H3/t16-/m0/s1. The van der Waals surface area contributed by atoms with Gasteiger partial charge in [0.1, 0.15) is 0 Å². The van der Waals surface area contributed by atoms with Crippen molar-refractivity contribution in [3.63, 3.8) is 0 Å². The van der Waals surface area contributed by atoms with Crippen LogP contribution in [0.1, 0.15) is 36.0 Å². The first kappa shape index (κ1) is 16.7. The highest BCUT2D eigenvalue weighted by atomic mass is 35.5. The Hall–Kier alpha value is -1.10. The highest BCUT2D eigenvalue weighted by molar-refractivity contribution is 6.30. The minimum Gasteiger partial charge on any atom is -0.383 e. The molecule has 2 fully saturated rings. The minimum atomic E-state index is 0.0939. The number of carbonyl (C=O) groups is 1. The first-order valence-electron chi connectivity index (χ1n) is 8.32. The minimum absolute atomic E-state index is 0.0939. The molecule has 1 atom stereocenters. The molecule has 23 heavy (non-hydrogen) atoms. The lowest BCUT2D eigenvalue weighted by Crippen LogP contribution is -2.54. The van der Waals surface area contributed by atoms with E-state index < -0.39 is 0 Å². The quantitative estimate of drug-likeness (QED) is 0.850. The van der Waals surface area contributed by atoms with Crippen LogP contribution in [0.5, 0.6) is 0 Å². The predicted molar refractivity (Wildman–Crippen MR) is 92.0 cm³/mol. The van der Waals surface area contributed by atoms with Gasteiger partial charge in [-0.2, -0.15) is 0 Å². The Bertz CT molecular complexity index is 570. The number of hydrogen-bond donors (Lipinski definition) is 0. The molecule has 2 aliphatic heterocycles. The molecule has 126 valence electrons. The van der Waals surface area contributed by atoms with E-state index in [2.05, 4.69) is 11.9 Å². The van der Waals surface area contributed by atoms with Gasteiger partial charge in [-0.25, -0.2) is 0 Å². The van der Waals surface area contributed by atoms with E-state index in [1.165, 1.54) is 12.8 Å². The Balaban J connectivity index is 1.63. The average molecular weight is 337 g/mol. The van der Waals surface area contributed by atoms with Crippen LogP contribution in [0.15, 0.2) is 24.3 Å². The molecule has 0 aromatic heterocycles. The number of likely N-dealkylation sites (N-methyl/N-ethyl adjacent to an activating group) is 1. The van der Waals surface area contributed by atoms with Crippen LogP contribution in [0.25, 0.3) is 0 Å². The molecule has 5 heteroatoms. The first-order valence-corrected chi connectivity index (χ1v) is 8.70. The van der Waals surface area contributed by atoms with E-state index in [-0.39, 0.29) is 11.4 Å². The van der Waals surface area contributed by atoms with Crippen molar-refractivity contribution in [3.05, 3.63) is 34.9 Å². The summed E-state index contributed by atoms with van der Waals surface area (Å²) in [6, 6.07) is 7.74. The van der Waals surface area contributed by atoms with Crippen molar-refractivity contribution >= 4 is 17.5 Å². The second kappa shape index (κ2) is 6.80. The summed E-state index contributed by atoms with van der Waals surface area (Å²) in [4.78, 5) is 17.1. The van der Waals surface area contributed by atoms with Gasteiger partial charge in [0.15, 0.2) is 0 Å². The average Bonchev–Trinajstić information content (AvgIpc) is 2.85. The third kappa shape index (κ3) is 3.25. The molecule has 0 saturated carbocycles. The number of hydrogen-bond acceptors (Lipinski definition) is 3. The maximum absolute atomic E-state index is 12.6. The fourth-order valence-electron chi connectivity index (χ4n) is 4.11. The van der Waals surface area contributed by atoms with Crippen LogP contribution in [0, 0.1) is 0 Å². The van der Waals surface area contributed by atoms with Crippen molar-refractivity contribution < 1.29 is 9.53 Å². The van der Waals surface area contributed by atoms with Crippen molar-refractivity contribution in [2.45, 2.75) is 37.3 Å². The van der Waals surface area contributed by atoms with Crippen LogP contribution in [0.4, 0.5) is 0 Å². The fourth-order valence-corrected chi connectivity index (χ4v) is 4.30. The van der Waals surface area contributed by atoms with Crippen molar-refractivity contribution in [2.75, 3.05) is 33.9 Å². The smallest absolute Gasteiger partial charge is 0.253 e. The number of likely N-dealkylation sites (tertiary alicyclic amines) is 2. The summed E-state index contributed by atoms with van der Waals surface area (Å²) in [7, 11) is 3.98. The molecule has 3 rings (SSSR count). The molecule has 0 bridgehead atoms. The second-order valence-corrected chi connectivity index (χ2v) is 7.22. The van der Waals surface area contributed by atoms with E-state index in [4.69, 9.17) is 16.3 Å². The Morgan fingerprint density at radius 2 is 2.09 bits per heavy atom. The van der Waals surface area contributed by atoms with Gasteiger partial charge in [0, 0.05) is 42.4 Å². The number of halogens is 1. The Kier molecular flexibility index (Phi) is 4.95. The molecule has 4 nitrogen and oxygen atoms in total. The lowest BCUT2D eigenvalue weighted by Gasteiger charge is -2.45. The van der Waals surface area contributed by atoms with E-state index in [1.807, 2.05) is 17.0 Å². The van der Waals surface area contributed by atoms with Gasteiger partial charge >= 0.3 is 0 Å². The third-order valence-electron chi connectivity index (χ3n) is 5.65. The van der Waals surface area contributed by atoms with Gasteiger partial charge in [0.05, 0.1) is 6.61 Å². The summed E-state index contributed by atoms with van der Waals surface area (Å²) in [5.74, 6) is 0.0939. The van der Waals surface area contributed by atoms with Gasteiger partial charge in [0.2, 0.25) is 0 Å². The highest BCUT2D eigenvalue weighted by Crippen LogP contribution is 2.40. The summed E-state index contributed by atoms with van der Waals surface area (Å²) in [5, 5.41) is 0.613. The Morgan fingerprint density at radius 1 is 1.35 bits per heavy atom. The molecule has 0 N–H and O–H groups in total. The highest BCUT2D eigenvalue weighted by Gasteiger charge is 2.46. The molecule has 1 amide bonds. The lowest BCUT2D eigenvalue weighted by atomic mass is 9.85. The van der Waals surface area contributed by atoms with Gasteiger partial charge in [0.25, 0.3) is 5.91 Å². The van der Waals surface area contributed by atoms with Crippen molar-refractivity contribution in [1.29, 1.82) is 0 Å². The second-order valence-electron chi connectivity index (χ2n) is 6.79. The summed E-state index contributed by atoms with van der Waals surface area (Å²) < 4.78 is 5.34. The van der Waals surface area contributed by atoms with Crippen LogP contribution < -0.4 is 0 Å². The molecule has 1 aromatic carbocycles. The molecule has 2 aliphatic rings. The molecule has 0 radical (unpaired) electrons. The number of benzene rings is 1. The monoisotopic (exact) mass is 336 g/mol. The van der Waals surface area contributed by atoms with Crippen LogP contribution in [0.2, 0.25) is 5.02 Å². The largest absolute Gasteiger partial charge is 0.383 e. The maximum atomic E-state index is 12.6. The summed E-state index contributed by atoms with van der Waals surface area (Å²) in [6.45, 7) is 2.42. The maximum Gasteiger partial charge on any atom is 0.253 e. The number of amides is 1. The van der Waals surface area contributed by atoms with Crippen molar-refractivity contribution in [3.8, 4) is 0 Å². The van der Waals surface area contributed by atoms with Crippen molar-refractivity contribution in [1.82, 2.24) is 9.80 Å². The molecule has 2 saturated heterocycles. The van der Waals surface area contributed by atoms with E-state index in [9.17, 15) is 4.79 Å². The topological polar surface area (TPSA) is 32.8 Å². The third-order valence-corrected chi connectivity index (χ3v) is 5.89. The number of carbonyl (C=O) groups excluding carboxylic acids is 1. The molecule has 1 spiro atoms. The molecular formula is C18H25ClN2O2. The molecular weight excluding hydrogens is 312 g/mol. The van der Waals surface area contributed by atoms with Crippen molar-refractivity contribution in [2.24, 2.45) is 0 Å². The summed E-state index contributed by atoms with van der Waals surface area (Å²) in [6.07, 6.45) is 4.47. The van der Waals surface area contributed by atoms with Gasteiger partial charge in [-0.3, -0.25) is 9.69 Å². The van der Waals surface area contributed by atoms with Crippen LogP contribution >= 0.6 is 11.6 Å². The van der Waals surface area contributed by atoms with Crippen LogP contribution in [-0.4, -0.2) is 61.1 Å². The zero-order valence-corrected chi connectivity index (χ0v) is 14.7. The van der Waals surface area contributed by atoms with Gasteiger partial charge in [-0.1, -0.05) is 17.7 Å². The van der Waals surface area contributed by atoms with Gasteiger partial charge < -0.3 is 9.64 Å². The SMILES string of the molecule is COC[C@@H]1CCC2(CCN(C(=O)c3cccc(Cl)c3)CC2)N1C. The van der Waals surface area contributed by atoms with E-state index in [0.717, 1.165) is 32.5 Å². The van der Waals surface area contributed by atoms with Crippen LogP contribution in [-0.2, 0) is 4.74 Å². The van der Waals surface area contributed by atoms with E-state index >= 15 is 0 Å². The molecule has 2 heterocycles.